The van der Waals surface area contributed by atoms with Gasteiger partial charge in [0.1, 0.15) is 5.84 Å². The molecule has 3 aromatic heterocycles. The number of benzene rings is 1. The van der Waals surface area contributed by atoms with Gasteiger partial charge in [-0.25, -0.2) is 18.9 Å². The van der Waals surface area contributed by atoms with E-state index >= 15 is 0 Å². The van der Waals surface area contributed by atoms with E-state index < -0.39 is 11.6 Å². The van der Waals surface area contributed by atoms with Gasteiger partial charge in [-0.2, -0.15) is 5.10 Å². The van der Waals surface area contributed by atoms with Crippen molar-refractivity contribution in [3.05, 3.63) is 65.3 Å². The lowest BCUT2D eigenvalue weighted by molar-refractivity contribution is 0.215. The summed E-state index contributed by atoms with van der Waals surface area (Å²) in [6.45, 7) is 6.37. The lowest BCUT2D eigenvalue weighted by atomic mass is 9.75. The zero-order chi connectivity index (χ0) is 28.1. The van der Waals surface area contributed by atoms with E-state index in [-0.39, 0.29) is 33.5 Å². The number of hydrogen-bond donors (Lipinski definition) is 4. The number of amidine groups is 1. The maximum absolute atomic E-state index is 14.1. The molecular weight excluding hydrogens is 521 g/mol. The Kier molecular flexibility index (Phi) is 6.64. The molecule has 5 rings (SSSR count). The summed E-state index contributed by atoms with van der Waals surface area (Å²) in [4.78, 5) is 8.71. The van der Waals surface area contributed by atoms with Gasteiger partial charge in [0.15, 0.2) is 11.6 Å². The number of hydrogen-bond acceptors (Lipinski definition) is 7. The second-order valence-corrected chi connectivity index (χ2v) is 11.1. The van der Waals surface area contributed by atoms with Crippen LogP contribution in [0.2, 0.25) is 5.02 Å². The van der Waals surface area contributed by atoms with Gasteiger partial charge < -0.3 is 26.6 Å². The molecule has 3 heterocycles. The first-order valence-corrected chi connectivity index (χ1v) is 12.9. The molecule has 1 fully saturated rings. The highest BCUT2D eigenvalue weighted by Gasteiger charge is 2.49. The number of fused-ring (bicyclic) bond motifs is 1. The molecule has 0 unspecified atom stereocenters. The SMILES string of the molecule is COc1ccc(-c2cc3c(N[C@@H]4CC[C@](C)(N)C4(C)C)c(/C(N)=N/c4cc(F)c(O)cc4Cl)cnn3c2)cn1. The van der Waals surface area contributed by atoms with E-state index in [2.05, 4.69) is 41.2 Å². The molecule has 1 saturated carbocycles. The highest BCUT2D eigenvalue weighted by Crippen LogP contribution is 2.46. The smallest absolute Gasteiger partial charge is 0.212 e. The Hall–Kier alpha value is -3.89. The van der Waals surface area contributed by atoms with Gasteiger partial charge in [0.05, 0.1) is 40.8 Å². The number of aromatic nitrogens is 3. The number of phenolic OH excluding ortho intramolecular Hbond substituents is 1. The molecule has 2 atom stereocenters. The minimum Gasteiger partial charge on any atom is -0.505 e. The maximum Gasteiger partial charge on any atom is 0.212 e. The van der Waals surface area contributed by atoms with E-state index in [1.165, 1.54) is 0 Å². The van der Waals surface area contributed by atoms with E-state index in [4.69, 9.17) is 27.8 Å². The highest BCUT2D eigenvalue weighted by atomic mass is 35.5. The zero-order valence-electron chi connectivity index (χ0n) is 22.2. The van der Waals surface area contributed by atoms with Crippen LogP contribution in [0.3, 0.4) is 0 Å². The molecule has 0 saturated heterocycles. The monoisotopic (exact) mass is 551 g/mol. The topological polar surface area (TPSA) is 136 Å². The summed E-state index contributed by atoms with van der Waals surface area (Å²) < 4.78 is 21.0. The Labute approximate surface area is 230 Å². The largest absolute Gasteiger partial charge is 0.505 e. The van der Waals surface area contributed by atoms with Crippen LogP contribution < -0.4 is 21.5 Å². The first kappa shape index (κ1) is 26.7. The van der Waals surface area contributed by atoms with Crippen molar-refractivity contribution in [1.29, 1.82) is 0 Å². The predicted molar refractivity (Wildman–Crippen MR) is 151 cm³/mol. The Morgan fingerprint density at radius 1 is 1.23 bits per heavy atom. The standard InChI is InChI=1S/C28H31ClFN7O2/c1-27(2)23(7-8-28(27,3)32)36-25-17(26(31)35-20-11-19(30)22(38)10-18(20)29)13-34-37-14-16(9-21(25)37)15-5-6-24(39-4)33-12-15/h5-6,9-14,23,36,38H,7-8,32H2,1-4H3,(H2,31,35)/t23-,28+/m1/s1. The van der Waals surface area contributed by atoms with Crippen molar-refractivity contribution < 1.29 is 14.2 Å². The van der Waals surface area contributed by atoms with Crippen LogP contribution in [0.5, 0.6) is 11.6 Å². The van der Waals surface area contributed by atoms with Gasteiger partial charge in [0.25, 0.3) is 0 Å². The van der Waals surface area contributed by atoms with Crippen LogP contribution >= 0.6 is 11.6 Å². The number of ether oxygens (including phenoxy) is 1. The number of aromatic hydroxyl groups is 1. The number of nitrogens with zero attached hydrogens (tertiary/aromatic N) is 4. The van der Waals surface area contributed by atoms with Gasteiger partial charge >= 0.3 is 0 Å². The minimum atomic E-state index is -0.850. The number of nitrogens with one attached hydrogen (secondary N) is 1. The van der Waals surface area contributed by atoms with Gasteiger partial charge in [-0.05, 0) is 31.9 Å². The number of halogens is 2. The van der Waals surface area contributed by atoms with Crippen molar-refractivity contribution in [2.75, 3.05) is 12.4 Å². The van der Waals surface area contributed by atoms with Crippen molar-refractivity contribution in [3.63, 3.8) is 0 Å². The third-order valence-electron chi connectivity index (χ3n) is 8.06. The normalized spacial score (nSPS) is 20.9. The fourth-order valence-electron chi connectivity index (χ4n) is 4.99. The van der Waals surface area contributed by atoms with Crippen LogP contribution in [0.4, 0.5) is 15.8 Å². The Morgan fingerprint density at radius 2 is 2.00 bits per heavy atom. The summed E-state index contributed by atoms with van der Waals surface area (Å²) >= 11 is 6.21. The number of pyridine rings is 1. The molecule has 6 N–H and O–H groups in total. The molecule has 0 spiro atoms. The molecule has 0 bridgehead atoms. The van der Waals surface area contributed by atoms with Crippen LogP contribution in [0.15, 0.2) is 53.9 Å². The average molecular weight is 552 g/mol. The molecule has 1 aliphatic carbocycles. The number of phenols is 1. The van der Waals surface area contributed by atoms with Gasteiger partial charge in [-0.3, -0.25) is 0 Å². The molecule has 1 aromatic carbocycles. The average Bonchev–Trinajstić information content (AvgIpc) is 3.41. The summed E-state index contributed by atoms with van der Waals surface area (Å²) in [6.07, 6.45) is 6.96. The van der Waals surface area contributed by atoms with Gasteiger partial charge in [-0.15, -0.1) is 0 Å². The van der Waals surface area contributed by atoms with Crippen molar-refractivity contribution in [2.24, 2.45) is 21.9 Å². The van der Waals surface area contributed by atoms with E-state index in [9.17, 15) is 9.50 Å². The fraction of sp³-hybridized carbons (Fsp3) is 0.321. The summed E-state index contributed by atoms with van der Waals surface area (Å²) in [7, 11) is 1.57. The van der Waals surface area contributed by atoms with Crippen molar-refractivity contribution in [2.45, 2.75) is 45.2 Å². The number of aliphatic imine (C=N–C) groups is 1. The molecule has 11 heteroatoms. The summed E-state index contributed by atoms with van der Waals surface area (Å²) in [5.41, 5.74) is 16.4. The van der Waals surface area contributed by atoms with Crippen LogP contribution in [-0.2, 0) is 0 Å². The van der Waals surface area contributed by atoms with Crippen molar-refractivity contribution >= 4 is 34.3 Å². The molecule has 0 radical (unpaired) electrons. The zero-order valence-corrected chi connectivity index (χ0v) is 22.9. The van der Waals surface area contributed by atoms with Crippen LogP contribution in [0.25, 0.3) is 16.6 Å². The van der Waals surface area contributed by atoms with E-state index in [0.29, 0.717) is 17.1 Å². The Morgan fingerprint density at radius 3 is 2.64 bits per heavy atom. The highest BCUT2D eigenvalue weighted by molar-refractivity contribution is 6.33. The van der Waals surface area contributed by atoms with E-state index in [1.807, 2.05) is 18.3 Å². The Balaban J connectivity index is 1.65. The number of anilines is 1. The molecule has 0 aliphatic heterocycles. The number of nitrogens with two attached hydrogens (primary N) is 2. The van der Waals surface area contributed by atoms with Crippen LogP contribution in [0, 0.1) is 11.2 Å². The van der Waals surface area contributed by atoms with Crippen LogP contribution in [0.1, 0.15) is 39.2 Å². The Bertz CT molecular complexity index is 1580. The lowest BCUT2D eigenvalue weighted by Gasteiger charge is -2.39. The molecule has 1 aliphatic rings. The molecule has 9 nitrogen and oxygen atoms in total. The lowest BCUT2D eigenvalue weighted by Crippen LogP contribution is -2.51. The quantitative estimate of drug-likeness (QED) is 0.189. The fourth-order valence-corrected chi connectivity index (χ4v) is 5.19. The first-order valence-electron chi connectivity index (χ1n) is 12.5. The van der Waals surface area contributed by atoms with Crippen molar-refractivity contribution in [3.8, 4) is 22.8 Å². The molecular formula is C28H31ClFN7O2. The van der Waals surface area contributed by atoms with E-state index in [0.717, 1.165) is 41.6 Å². The third-order valence-corrected chi connectivity index (χ3v) is 8.37. The van der Waals surface area contributed by atoms with Crippen LogP contribution in [-0.4, -0.2) is 44.2 Å². The van der Waals surface area contributed by atoms with Gasteiger partial charge in [-0.1, -0.05) is 25.4 Å². The molecule has 4 aromatic rings. The predicted octanol–water partition coefficient (Wildman–Crippen LogP) is 5.26. The van der Waals surface area contributed by atoms with Gasteiger partial charge in [0, 0.05) is 58.7 Å². The molecule has 39 heavy (non-hydrogen) atoms. The van der Waals surface area contributed by atoms with E-state index in [1.54, 1.807) is 30.1 Å². The first-order chi connectivity index (χ1) is 18.4. The van der Waals surface area contributed by atoms with Gasteiger partial charge in [0.2, 0.25) is 5.88 Å². The molecule has 0 amide bonds. The summed E-state index contributed by atoms with van der Waals surface area (Å²) in [6, 6.07) is 7.87. The second-order valence-electron chi connectivity index (χ2n) is 10.7. The number of methoxy groups -OCH3 is 1. The molecule has 204 valence electrons. The second kappa shape index (κ2) is 9.69. The van der Waals surface area contributed by atoms with Crippen molar-refractivity contribution in [1.82, 2.24) is 14.6 Å². The summed E-state index contributed by atoms with van der Waals surface area (Å²) in [5, 5.41) is 18.0. The minimum absolute atomic E-state index is 0.0287. The third kappa shape index (κ3) is 4.74. The maximum atomic E-state index is 14.1. The number of rotatable bonds is 6. The summed E-state index contributed by atoms with van der Waals surface area (Å²) in [5.74, 6) is -0.811.